The molecule has 0 saturated carbocycles. The highest BCUT2D eigenvalue weighted by molar-refractivity contribution is 7.88. The van der Waals surface area contributed by atoms with Gasteiger partial charge in [0.2, 0.25) is 10.0 Å². The molecule has 0 bridgehead atoms. The van der Waals surface area contributed by atoms with Crippen molar-refractivity contribution in [2.75, 3.05) is 25.0 Å². The second-order valence-corrected chi connectivity index (χ2v) is 8.82. The number of rotatable bonds is 7. The zero-order chi connectivity index (χ0) is 20.0. The van der Waals surface area contributed by atoms with Crippen molar-refractivity contribution in [2.24, 2.45) is 0 Å². The molecule has 0 radical (unpaired) electrons. The Hall–Kier alpha value is -2.45. The fourth-order valence-electron chi connectivity index (χ4n) is 3.24. The normalized spacial score (nSPS) is 15.9. The Kier molecular flexibility index (Phi) is 6.64. The van der Waals surface area contributed by atoms with Crippen LogP contribution in [0.3, 0.4) is 0 Å². The van der Waals surface area contributed by atoms with E-state index in [0.29, 0.717) is 43.9 Å². The molecule has 2 heterocycles. The second-order valence-electron chi connectivity index (χ2n) is 6.85. The second kappa shape index (κ2) is 9.16. The molecule has 28 heavy (non-hydrogen) atoms. The van der Waals surface area contributed by atoms with Crippen molar-refractivity contribution in [1.29, 1.82) is 0 Å². The van der Waals surface area contributed by atoms with E-state index in [1.165, 1.54) is 0 Å². The Labute approximate surface area is 166 Å². The van der Waals surface area contributed by atoms with Crippen molar-refractivity contribution < 1.29 is 13.2 Å². The van der Waals surface area contributed by atoms with Gasteiger partial charge in [-0.05, 0) is 37.5 Å². The number of nitrogens with one attached hydrogen (secondary N) is 2. The summed E-state index contributed by atoms with van der Waals surface area (Å²) in [5, 5.41) is 6.07. The number of piperidine rings is 1. The van der Waals surface area contributed by atoms with Gasteiger partial charge in [-0.25, -0.2) is 17.7 Å². The maximum absolute atomic E-state index is 12.6. The van der Waals surface area contributed by atoms with Crippen molar-refractivity contribution in [2.45, 2.75) is 31.6 Å². The molecule has 0 atom stereocenters. The van der Waals surface area contributed by atoms with Crippen LogP contribution in [-0.2, 0) is 15.8 Å². The van der Waals surface area contributed by atoms with Crippen LogP contribution >= 0.6 is 0 Å². The third kappa shape index (κ3) is 5.30. The first-order valence-corrected chi connectivity index (χ1v) is 11.1. The van der Waals surface area contributed by atoms with E-state index in [2.05, 4.69) is 15.6 Å². The molecule has 1 aliphatic heterocycles. The molecule has 8 heteroatoms. The Bertz CT molecular complexity index is 877. The number of carbonyl (C=O) groups excluding carboxylic acids is 1. The summed E-state index contributed by atoms with van der Waals surface area (Å²) in [4.78, 5) is 16.1. The number of hydrogen-bond donors (Lipinski definition) is 2. The summed E-state index contributed by atoms with van der Waals surface area (Å²) >= 11 is 0. The highest BCUT2D eigenvalue weighted by Crippen LogP contribution is 2.20. The van der Waals surface area contributed by atoms with Crippen molar-refractivity contribution in [3.05, 3.63) is 59.8 Å². The standard InChI is InChI=1S/C20H26N4O3S/c1-2-21-20(25)17-8-9-19(22-14-17)23-18-10-12-24(13-11-18)28(26,27)15-16-6-4-3-5-7-16/h3-9,14,18H,2,10-13,15H2,1H3,(H,21,25)(H,22,23). The van der Waals surface area contributed by atoms with Gasteiger partial charge in [-0.3, -0.25) is 4.79 Å². The largest absolute Gasteiger partial charge is 0.367 e. The van der Waals surface area contributed by atoms with Gasteiger partial charge in [-0.15, -0.1) is 0 Å². The van der Waals surface area contributed by atoms with Gasteiger partial charge in [-0.2, -0.15) is 0 Å². The predicted molar refractivity (Wildman–Crippen MR) is 110 cm³/mol. The lowest BCUT2D eigenvalue weighted by Crippen LogP contribution is -2.42. The van der Waals surface area contributed by atoms with Crippen LogP contribution in [0.2, 0.25) is 0 Å². The number of pyridine rings is 1. The topological polar surface area (TPSA) is 91.4 Å². The van der Waals surface area contributed by atoms with E-state index in [0.717, 1.165) is 5.56 Å². The Balaban J connectivity index is 1.52. The predicted octanol–water partition coefficient (Wildman–Crippen LogP) is 2.24. The van der Waals surface area contributed by atoms with Crippen molar-refractivity contribution in [3.63, 3.8) is 0 Å². The molecular formula is C20H26N4O3S. The molecule has 1 amide bonds. The quantitative estimate of drug-likeness (QED) is 0.741. The smallest absolute Gasteiger partial charge is 0.252 e. The Morgan fingerprint density at radius 3 is 2.46 bits per heavy atom. The molecule has 1 aromatic carbocycles. The summed E-state index contributed by atoms with van der Waals surface area (Å²) in [6, 6.07) is 12.9. The van der Waals surface area contributed by atoms with Crippen LogP contribution in [0.5, 0.6) is 0 Å². The molecule has 1 fully saturated rings. The maximum Gasteiger partial charge on any atom is 0.252 e. The van der Waals surface area contributed by atoms with Crippen LogP contribution in [0.25, 0.3) is 0 Å². The molecule has 1 aromatic heterocycles. The van der Waals surface area contributed by atoms with Crippen LogP contribution in [0.1, 0.15) is 35.7 Å². The van der Waals surface area contributed by atoms with Gasteiger partial charge < -0.3 is 10.6 Å². The first kappa shape index (κ1) is 20.3. The van der Waals surface area contributed by atoms with Gasteiger partial charge in [0.15, 0.2) is 0 Å². The molecule has 3 rings (SSSR count). The molecule has 2 aromatic rings. The minimum atomic E-state index is -3.31. The Morgan fingerprint density at radius 1 is 1.14 bits per heavy atom. The number of benzene rings is 1. The zero-order valence-corrected chi connectivity index (χ0v) is 16.8. The number of amides is 1. The van der Waals surface area contributed by atoms with E-state index < -0.39 is 10.0 Å². The lowest BCUT2D eigenvalue weighted by molar-refractivity contribution is 0.0955. The minimum Gasteiger partial charge on any atom is -0.367 e. The number of aromatic nitrogens is 1. The average molecular weight is 403 g/mol. The number of anilines is 1. The van der Waals surface area contributed by atoms with Crippen LogP contribution in [0.4, 0.5) is 5.82 Å². The fourth-order valence-corrected chi connectivity index (χ4v) is 4.80. The third-order valence-electron chi connectivity index (χ3n) is 4.75. The minimum absolute atomic E-state index is 0.0365. The van der Waals surface area contributed by atoms with E-state index in [-0.39, 0.29) is 17.7 Å². The van der Waals surface area contributed by atoms with Gasteiger partial charge in [0.25, 0.3) is 5.91 Å². The van der Waals surface area contributed by atoms with Gasteiger partial charge in [0.1, 0.15) is 5.82 Å². The van der Waals surface area contributed by atoms with Crippen molar-refractivity contribution >= 4 is 21.7 Å². The molecule has 0 aliphatic carbocycles. The van der Waals surface area contributed by atoms with Crippen LogP contribution < -0.4 is 10.6 Å². The maximum atomic E-state index is 12.6. The molecule has 0 spiro atoms. The van der Waals surface area contributed by atoms with Crippen LogP contribution in [0.15, 0.2) is 48.7 Å². The molecule has 2 N–H and O–H groups in total. The fraction of sp³-hybridized carbons (Fsp3) is 0.400. The summed E-state index contributed by atoms with van der Waals surface area (Å²) in [5.74, 6) is 0.589. The molecule has 7 nitrogen and oxygen atoms in total. The molecule has 1 aliphatic rings. The molecule has 1 saturated heterocycles. The van der Waals surface area contributed by atoms with Gasteiger partial charge in [0, 0.05) is 31.9 Å². The SMILES string of the molecule is CCNC(=O)c1ccc(NC2CCN(S(=O)(=O)Cc3ccccc3)CC2)nc1. The van der Waals surface area contributed by atoms with E-state index in [4.69, 9.17) is 0 Å². The summed E-state index contributed by atoms with van der Waals surface area (Å²) < 4.78 is 26.8. The zero-order valence-electron chi connectivity index (χ0n) is 16.0. The summed E-state index contributed by atoms with van der Waals surface area (Å²) in [6.07, 6.45) is 2.98. The van der Waals surface area contributed by atoms with Gasteiger partial charge in [-0.1, -0.05) is 30.3 Å². The number of hydrogen-bond acceptors (Lipinski definition) is 5. The first-order valence-electron chi connectivity index (χ1n) is 9.50. The highest BCUT2D eigenvalue weighted by Gasteiger charge is 2.28. The highest BCUT2D eigenvalue weighted by atomic mass is 32.2. The van der Waals surface area contributed by atoms with Gasteiger partial charge in [0.05, 0.1) is 11.3 Å². The third-order valence-corrected chi connectivity index (χ3v) is 6.60. The first-order chi connectivity index (χ1) is 13.5. The summed E-state index contributed by atoms with van der Waals surface area (Å²) in [7, 11) is -3.31. The monoisotopic (exact) mass is 402 g/mol. The van der Waals surface area contributed by atoms with E-state index in [9.17, 15) is 13.2 Å². The average Bonchev–Trinajstić information content (AvgIpc) is 2.69. The van der Waals surface area contributed by atoms with Crippen molar-refractivity contribution in [1.82, 2.24) is 14.6 Å². The van der Waals surface area contributed by atoms with E-state index in [1.54, 1.807) is 22.6 Å². The Morgan fingerprint density at radius 2 is 1.86 bits per heavy atom. The van der Waals surface area contributed by atoms with Crippen LogP contribution in [-0.4, -0.2) is 49.3 Å². The lowest BCUT2D eigenvalue weighted by atomic mass is 10.1. The summed E-state index contributed by atoms with van der Waals surface area (Å²) in [6.45, 7) is 3.42. The number of carbonyl (C=O) groups is 1. The van der Waals surface area contributed by atoms with Crippen LogP contribution in [0, 0.1) is 0 Å². The molecule has 150 valence electrons. The number of nitrogens with zero attached hydrogens (tertiary/aromatic N) is 2. The molecular weight excluding hydrogens is 376 g/mol. The van der Waals surface area contributed by atoms with E-state index >= 15 is 0 Å². The van der Waals surface area contributed by atoms with Crippen molar-refractivity contribution in [3.8, 4) is 0 Å². The number of sulfonamides is 1. The van der Waals surface area contributed by atoms with E-state index in [1.807, 2.05) is 37.3 Å². The summed E-state index contributed by atoms with van der Waals surface area (Å²) in [5.41, 5.74) is 1.33. The van der Waals surface area contributed by atoms with Gasteiger partial charge >= 0.3 is 0 Å². The lowest BCUT2D eigenvalue weighted by Gasteiger charge is -2.32. The molecule has 0 unspecified atom stereocenters.